The second-order valence-electron chi connectivity index (χ2n) is 4.76. The van der Waals surface area contributed by atoms with Gasteiger partial charge in [0.1, 0.15) is 5.82 Å². The number of halogens is 1. The van der Waals surface area contributed by atoms with Gasteiger partial charge in [-0.25, -0.2) is 4.39 Å². The van der Waals surface area contributed by atoms with Crippen molar-refractivity contribution in [1.29, 1.82) is 0 Å². The molecule has 0 amide bonds. The van der Waals surface area contributed by atoms with Crippen LogP contribution in [0.2, 0.25) is 0 Å². The zero-order valence-electron chi connectivity index (χ0n) is 11.8. The van der Waals surface area contributed by atoms with Crippen molar-refractivity contribution in [3.63, 3.8) is 0 Å². The molecule has 2 nitrogen and oxygen atoms in total. The van der Waals surface area contributed by atoms with Crippen molar-refractivity contribution in [3.8, 4) is 0 Å². The van der Waals surface area contributed by atoms with E-state index in [1.165, 1.54) is 12.1 Å². The molecule has 0 saturated carbocycles. The highest BCUT2D eigenvalue weighted by atomic mass is 19.1. The summed E-state index contributed by atoms with van der Waals surface area (Å²) >= 11 is 0. The first-order valence-electron chi connectivity index (χ1n) is 6.71. The lowest BCUT2D eigenvalue weighted by atomic mass is 10.1. The maximum atomic E-state index is 13.6. The first-order chi connectivity index (χ1) is 9.61. The molecule has 0 saturated heterocycles. The molecule has 0 unspecified atom stereocenters. The molecule has 0 spiro atoms. The van der Waals surface area contributed by atoms with Crippen LogP contribution in [0, 0.1) is 12.7 Å². The molecule has 0 atom stereocenters. The summed E-state index contributed by atoms with van der Waals surface area (Å²) in [4.78, 5) is 14.2. The minimum absolute atomic E-state index is 0.151. The largest absolute Gasteiger partial charge is 0.364 e. The Labute approximate surface area is 118 Å². The Morgan fingerprint density at radius 3 is 2.55 bits per heavy atom. The molecule has 2 aromatic rings. The highest BCUT2D eigenvalue weighted by Crippen LogP contribution is 2.17. The van der Waals surface area contributed by atoms with Gasteiger partial charge in [0, 0.05) is 12.2 Å². The van der Waals surface area contributed by atoms with Crippen LogP contribution in [-0.2, 0) is 0 Å². The summed E-state index contributed by atoms with van der Waals surface area (Å²) in [6, 6.07) is 14.1. The Morgan fingerprint density at radius 1 is 1.15 bits per heavy atom. The van der Waals surface area contributed by atoms with E-state index in [0.717, 1.165) is 11.3 Å². The summed E-state index contributed by atoms with van der Waals surface area (Å²) in [6.45, 7) is 4.87. The fourth-order valence-corrected chi connectivity index (χ4v) is 2.16. The monoisotopic (exact) mass is 271 g/mol. The number of ketones is 1. The van der Waals surface area contributed by atoms with E-state index in [9.17, 15) is 9.18 Å². The van der Waals surface area contributed by atoms with Crippen LogP contribution >= 0.6 is 0 Å². The van der Waals surface area contributed by atoms with Crippen LogP contribution in [0.4, 0.5) is 10.1 Å². The highest BCUT2D eigenvalue weighted by molar-refractivity contribution is 5.99. The number of carbonyl (C=O) groups is 1. The Balaban J connectivity index is 2.19. The van der Waals surface area contributed by atoms with Gasteiger partial charge < -0.3 is 4.90 Å². The molecular formula is C17H18FNO. The SMILES string of the molecule is CCN(CC(=O)c1ccccc1F)c1cccc(C)c1. The number of likely N-dealkylation sites (N-methyl/N-ethyl adjacent to an activating group) is 1. The van der Waals surface area contributed by atoms with E-state index in [1.807, 2.05) is 43.0 Å². The summed E-state index contributed by atoms with van der Waals surface area (Å²) in [5, 5.41) is 0. The minimum atomic E-state index is -0.460. The molecule has 2 aromatic carbocycles. The number of Topliss-reactive ketones (excluding diaryl/α,β-unsaturated/α-hetero) is 1. The number of nitrogens with zero attached hydrogens (tertiary/aromatic N) is 1. The normalized spacial score (nSPS) is 10.3. The van der Waals surface area contributed by atoms with E-state index in [4.69, 9.17) is 0 Å². The van der Waals surface area contributed by atoms with Gasteiger partial charge in [-0.1, -0.05) is 24.3 Å². The molecule has 0 radical (unpaired) electrons. The van der Waals surface area contributed by atoms with Gasteiger partial charge in [0.2, 0.25) is 0 Å². The molecule has 0 aliphatic heterocycles. The number of hydrogen-bond acceptors (Lipinski definition) is 2. The van der Waals surface area contributed by atoms with Crippen LogP contribution in [0.1, 0.15) is 22.8 Å². The molecule has 0 aromatic heterocycles. The molecule has 3 heteroatoms. The number of hydrogen-bond donors (Lipinski definition) is 0. The predicted octanol–water partition coefficient (Wildman–Crippen LogP) is 3.84. The van der Waals surface area contributed by atoms with Crippen molar-refractivity contribution in [2.75, 3.05) is 18.0 Å². The molecule has 20 heavy (non-hydrogen) atoms. The van der Waals surface area contributed by atoms with E-state index in [1.54, 1.807) is 12.1 Å². The van der Waals surface area contributed by atoms with Crippen molar-refractivity contribution in [2.45, 2.75) is 13.8 Å². The van der Waals surface area contributed by atoms with Crippen molar-refractivity contribution in [1.82, 2.24) is 0 Å². The number of rotatable bonds is 5. The molecular weight excluding hydrogens is 253 g/mol. The molecule has 0 N–H and O–H groups in total. The first kappa shape index (κ1) is 14.3. The molecule has 104 valence electrons. The Morgan fingerprint density at radius 2 is 1.90 bits per heavy atom. The van der Waals surface area contributed by atoms with Gasteiger partial charge in [-0.3, -0.25) is 4.79 Å². The first-order valence-corrected chi connectivity index (χ1v) is 6.71. The van der Waals surface area contributed by atoms with Crippen molar-refractivity contribution in [2.24, 2.45) is 0 Å². The van der Waals surface area contributed by atoms with E-state index < -0.39 is 5.82 Å². The summed E-state index contributed by atoms with van der Waals surface area (Å²) in [5.41, 5.74) is 2.27. The average molecular weight is 271 g/mol. The van der Waals surface area contributed by atoms with Crippen molar-refractivity contribution in [3.05, 3.63) is 65.5 Å². The van der Waals surface area contributed by atoms with Gasteiger partial charge in [0.15, 0.2) is 5.78 Å². The van der Waals surface area contributed by atoms with E-state index in [2.05, 4.69) is 0 Å². The summed E-state index contributed by atoms with van der Waals surface area (Å²) in [6.07, 6.45) is 0. The van der Waals surface area contributed by atoms with Crippen LogP contribution in [0.15, 0.2) is 48.5 Å². The van der Waals surface area contributed by atoms with Crippen LogP contribution in [0.5, 0.6) is 0 Å². The third-order valence-electron chi connectivity index (χ3n) is 3.26. The molecule has 0 bridgehead atoms. The Kier molecular flexibility index (Phi) is 4.51. The number of aryl methyl sites for hydroxylation is 1. The van der Waals surface area contributed by atoms with Gasteiger partial charge >= 0.3 is 0 Å². The van der Waals surface area contributed by atoms with Crippen LogP contribution in [-0.4, -0.2) is 18.9 Å². The van der Waals surface area contributed by atoms with Crippen molar-refractivity contribution < 1.29 is 9.18 Å². The number of benzene rings is 2. The Bertz CT molecular complexity index is 609. The van der Waals surface area contributed by atoms with Gasteiger partial charge in [-0.2, -0.15) is 0 Å². The Hall–Kier alpha value is -2.16. The summed E-state index contributed by atoms with van der Waals surface area (Å²) < 4.78 is 13.6. The fourth-order valence-electron chi connectivity index (χ4n) is 2.16. The lowest BCUT2D eigenvalue weighted by Crippen LogP contribution is -2.30. The minimum Gasteiger partial charge on any atom is -0.364 e. The second kappa shape index (κ2) is 6.33. The summed E-state index contributed by atoms with van der Waals surface area (Å²) in [7, 11) is 0. The molecule has 0 fully saturated rings. The second-order valence-corrected chi connectivity index (χ2v) is 4.76. The van der Waals surface area contributed by atoms with E-state index in [0.29, 0.717) is 6.54 Å². The van der Waals surface area contributed by atoms with Gasteiger partial charge in [-0.15, -0.1) is 0 Å². The van der Waals surface area contributed by atoms with E-state index in [-0.39, 0.29) is 17.9 Å². The quantitative estimate of drug-likeness (QED) is 0.770. The zero-order valence-corrected chi connectivity index (χ0v) is 11.8. The van der Waals surface area contributed by atoms with Gasteiger partial charge in [0.05, 0.1) is 12.1 Å². The fraction of sp³-hybridized carbons (Fsp3) is 0.235. The third-order valence-corrected chi connectivity index (χ3v) is 3.26. The molecule has 0 heterocycles. The highest BCUT2D eigenvalue weighted by Gasteiger charge is 2.15. The van der Waals surface area contributed by atoms with Crippen LogP contribution in [0.25, 0.3) is 0 Å². The topological polar surface area (TPSA) is 20.3 Å². The van der Waals surface area contributed by atoms with Crippen molar-refractivity contribution >= 4 is 11.5 Å². The number of carbonyl (C=O) groups excluding carboxylic acids is 1. The summed E-state index contributed by atoms with van der Waals surface area (Å²) in [5.74, 6) is -0.663. The lowest BCUT2D eigenvalue weighted by molar-refractivity contribution is 0.0995. The third kappa shape index (κ3) is 3.23. The molecule has 0 aliphatic carbocycles. The number of anilines is 1. The van der Waals surface area contributed by atoms with Gasteiger partial charge in [-0.05, 0) is 43.7 Å². The van der Waals surface area contributed by atoms with Crippen LogP contribution < -0.4 is 4.90 Å². The molecule has 0 aliphatic rings. The molecule has 2 rings (SSSR count). The van der Waals surface area contributed by atoms with Crippen LogP contribution in [0.3, 0.4) is 0 Å². The average Bonchev–Trinajstić information content (AvgIpc) is 2.45. The zero-order chi connectivity index (χ0) is 14.5. The lowest BCUT2D eigenvalue weighted by Gasteiger charge is -2.22. The standard InChI is InChI=1S/C17H18FNO/c1-3-19(14-8-6-7-13(2)11-14)12-17(20)15-9-4-5-10-16(15)18/h4-11H,3,12H2,1-2H3. The smallest absolute Gasteiger partial charge is 0.185 e. The van der Waals surface area contributed by atoms with E-state index >= 15 is 0 Å². The maximum Gasteiger partial charge on any atom is 0.185 e. The maximum absolute atomic E-state index is 13.6. The predicted molar refractivity (Wildman–Crippen MR) is 79.8 cm³/mol. The van der Waals surface area contributed by atoms with Gasteiger partial charge in [0.25, 0.3) is 0 Å².